The van der Waals surface area contributed by atoms with Crippen LogP contribution in [0.15, 0.2) is 4.99 Å². The summed E-state index contributed by atoms with van der Waals surface area (Å²) in [6, 6.07) is 0. The first-order valence-corrected chi connectivity index (χ1v) is 13.6. The Morgan fingerprint density at radius 3 is 0.964 bits per heavy atom. The summed E-state index contributed by atoms with van der Waals surface area (Å²) >= 11 is 0. The summed E-state index contributed by atoms with van der Waals surface area (Å²) in [6.45, 7) is 7.52. The Kier molecular flexibility index (Phi) is 12.4. The highest BCUT2D eigenvalue weighted by Gasteiger charge is 2.78. The summed E-state index contributed by atoms with van der Waals surface area (Å²) in [5.74, 6) is 0. The number of aliphatic imine (C=N–C) groups is 1. The van der Waals surface area contributed by atoms with E-state index in [0.717, 1.165) is 6.08 Å². The van der Waals surface area contributed by atoms with Crippen LogP contribution >= 0.6 is 22.8 Å². The minimum absolute atomic E-state index is 0.218. The van der Waals surface area contributed by atoms with Crippen molar-refractivity contribution in [2.24, 2.45) is 4.99 Å². The van der Waals surface area contributed by atoms with Crippen molar-refractivity contribution < 1.29 is 45.6 Å². The molecule has 0 N–H and O–H groups in total. The van der Waals surface area contributed by atoms with Gasteiger partial charge in [-0.2, -0.15) is 4.99 Å². The fraction of sp³-hybridized carbons (Fsp3) is 0.929. The minimum atomic E-state index is -4.79. The number of hydrogen-bond donors (Lipinski definition) is 0. The Balaban J connectivity index is 7.46. The lowest BCUT2D eigenvalue weighted by atomic mass is 10.9. The van der Waals surface area contributed by atoms with Crippen LogP contribution in [0.3, 0.4) is 0 Å². The maximum Gasteiger partial charge on any atom is 0.384 e. The molecule has 0 saturated heterocycles. The van der Waals surface area contributed by atoms with Gasteiger partial charge in [-0.15, -0.1) is 0 Å². The predicted octanol–water partition coefficient (Wildman–Crippen LogP) is 4.73. The lowest BCUT2D eigenvalue weighted by Crippen LogP contribution is -2.33. The van der Waals surface area contributed by atoms with Crippen molar-refractivity contribution in [2.75, 3.05) is 39.6 Å². The number of nitrogens with zero attached hydrogens (tertiary/aromatic N) is 1. The molecule has 0 aliphatic carbocycles. The van der Waals surface area contributed by atoms with Gasteiger partial charge in [0, 0.05) is 0 Å². The zero-order chi connectivity index (χ0) is 21.9. The average Bonchev–Trinajstić information content (AvgIpc) is 2.60. The molecule has 28 heavy (non-hydrogen) atoms. The van der Waals surface area contributed by atoms with Gasteiger partial charge in [0.05, 0.1) is 39.6 Å². The molecule has 11 nitrogen and oxygen atoms in total. The highest BCUT2D eigenvalue weighted by atomic mass is 31.3. The molecule has 0 fully saturated rings. The van der Waals surface area contributed by atoms with E-state index in [1.54, 1.807) is 0 Å². The largest absolute Gasteiger partial charge is 0.384 e. The van der Waals surface area contributed by atoms with Crippen LogP contribution in [0.5, 0.6) is 0 Å². The molecular formula is C14H30NO10P3. The third-order valence-electron chi connectivity index (χ3n) is 3.09. The fourth-order valence-corrected chi connectivity index (χ4v) is 11.8. The Morgan fingerprint density at radius 1 is 0.607 bits per heavy atom. The number of isocyanates is 1. The molecule has 0 radical (unpaired) electrons. The summed E-state index contributed by atoms with van der Waals surface area (Å²) in [6.07, 6.45) is 1.15. The zero-order valence-electron chi connectivity index (χ0n) is 17.1. The van der Waals surface area contributed by atoms with Gasteiger partial charge in [0.2, 0.25) is 6.08 Å². The van der Waals surface area contributed by atoms with Crippen LogP contribution in [0, 0.1) is 0 Å². The molecule has 0 aromatic rings. The number of carbonyl (C=O) groups excluding carboxylic acids is 1. The molecule has 0 saturated carbocycles. The van der Waals surface area contributed by atoms with E-state index in [4.69, 9.17) is 27.1 Å². The van der Waals surface area contributed by atoms with Crippen LogP contribution in [-0.4, -0.2) is 50.5 Å². The van der Waals surface area contributed by atoms with Crippen molar-refractivity contribution in [2.45, 2.75) is 46.3 Å². The van der Waals surface area contributed by atoms with Crippen molar-refractivity contribution in [1.82, 2.24) is 0 Å². The fourth-order valence-electron chi connectivity index (χ4n) is 2.35. The molecule has 0 bridgehead atoms. The van der Waals surface area contributed by atoms with Crippen LogP contribution in [0.2, 0.25) is 0 Å². The quantitative estimate of drug-likeness (QED) is 0.179. The zero-order valence-corrected chi connectivity index (χ0v) is 19.8. The van der Waals surface area contributed by atoms with Crippen LogP contribution in [0.1, 0.15) is 41.5 Å². The Labute approximate surface area is 166 Å². The smallest absolute Gasteiger partial charge is 0.306 e. The van der Waals surface area contributed by atoms with Crippen LogP contribution in [-0.2, 0) is 45.6 Å². The molecular weight excluding hydrogens is 435 g/mol. The number of hydrogen-bond acceptors (Lipinski definition) is 11. The van der Waals surface area contributed by atoms with Gasteiger partial charge in [0.1, 0.15) is 0 Å². The molecule has 0 unspecified atom stereocenters. The summed E-state index contributed by atoms with van der Waals surface area (Å²) in [4.78, 5) is 14.8. The second-order valence-corrected chi connectivity index (χ2v) is 12.3. The van der Waals surface area contributed by atoms with E-state index in [-0.39, 0.29) is 39.6 Å². The monoisotopic (exact) mass is 465 g/mol. The molecule has 14 heteroatoms. The van der Waals surface area contributed by atoms with Gasteiger partial charge in [-0.05, 0) is 41.5 Å². The van der Waals surface area contributed by atoms with E-state index in [9.17, 15) is 18.5 Å². The molecule has 0 spiro atoms. The highest BCUT2D eigenvalue weighted by molar-refractivity contribution is 7.90. The van der Waals surface area contributed by atoms with E-state index >= 15 is 0 Å². The second-order valence-electron chi connectivity index (χ2n) is 4.80. The lowest BCUT2D eigenvalue weighted by Gasteiger charge is -2.40. The van der Waals surface area contributed by atoms with Gasteiger partial charge >= 0.3 is 27.5 Å². The van der Waals surface area contributed by atoms with Crippen LogP contribution in [0.4, 0.5) is 0 Å². The summed E-state index contributed by atoms with van der Waals surface area (Å²) in [5.41, 5.74) is 0. The van der Waals surface area contributed by atoms with Crippen molar-refractivity contribution in [3.63, 3.8) is 0 Å². The van der Waals surface area contributed by atoms with E-state index in [2.05, 4.69) is 4.99 Å². The molecule has 0 heterocycles. The summed E-state index contributed by atoms with van der Waals surface area (Å²) in [7, 11) is -14.4. The minimum Gasteiger partial charge on any atom is -0.306 e. The Hall–Kier alpha value is -0.170. The van der Waals surface area contributed by atoms with Crippen molar-refractivity contribution >= 4 is 28.9 Å². The summed E-state index contributed by atoms with van der Waals surface area (Å²) in [5, 5.41) is 0. The molecule has 0 aromatic heterocycles. The Bertz CT molecular complexity index is 560. The summed E-state index contributed by atoms with van der Waals surface area (Å²) < 4.78 is 70.0. The van der Waals surface area contributed by atoms with E-state index in [1.165, 1.54) is 41.5 Å². The molecule has 0 atom stereocenters. The van der Waals surface area contributed by atoms with Crippen LogP contribution < -0.4 is 0 Å². The maximum atomic E-state index is 13.8. The topological polar surface area (TPSA) is 136 Å². The van der Waals surface area contributed by atoms with Crippen molar-refractivity contribution in [1.29, 1.82) is 0 Å². The normalized spacial score (nSPS) is 13.4. The van der Waals surface area contributed by atoms with E-state index in [0.29, 0.717) is 0 Å². The van der Waals surface area contributed by atoms with Gasteiger partial charge in [-0.25, -0.2) is 4.79 Å². The van der Waals surface area contributed by atoms with Gasteiger partial charge in [0.15, 0.2) is 0 Å². The third kappa shape index (κ3) is 5.30. The lowest BCUT2D eigenvalue weighted by molar-refractivity contribution is 0.168. The van der Waals surface area contributed by atoms with Crippen molar-refractivity contribution in [3.8, 4) is 0 Å². The maximum absolute atomic E-state index is 13.8. The SMILES string of the molecule is CCOP(=O)(OCC)C(N=C=O)(P(=O)(OCC)OCC)P(=O)(OCC)OCC. The Morgan fingerprint density at radius 2 is 0.821 bits per heavy atom. The first kappa shape index (κ1) is 27.8. The van der Waals surface area contributed by atoms with Gasteiger partial charge in [-0.3, -0.25) is 13.7 Å². The second kappa shape index (κ2) is 12.5. The molecule has 0 amide bonds. The van der Waals surface area contributed by atoms with E-state index < -0.39 is 27.5 Å². The van der Waals surface area contributed by atoms with Gasteiger partial charge in [0.25, 0.3) is 0 Å². The average molecular weight is 465 g/mol. The van der Waals surface area contributed by atoms with Crippen molar-refractivity contribution in [3.05, 3.63) is 0 Å². The third-order valence-corrected chi connectivity index (χ3v) is 13.6. The molecule has 0 aliphatic rings. The molecule has 166 valence electrons. The molecule has 0 rings (SSSR count). The highest BCUT2D eigenvalue weighted by Crippen LogP contribution is 2.91. The first-order chi connectivity index (χ1) is 13.2. The van der Waals surface area contributed by atoms with Gasteiger partial charge in [-0.1, -0.05) is 0 Å². The van der Waals surface area contributed by atoms with Gasteiger partial charge < -0.3 is 27.1 Å². The first-order valence-electron chi connectivity index (χ1n) is 8.94. The molecule has 0 aliphatic heterocycles. The van der Waals surface area contributed by atoms with E-state index in [1.807, 2.05) is 0 Å². The standard InChI is InChI=1S/C14H30NO10P3/c1-7-20-26(17,21-8-2)14(15-13-16,27(18,22-9-3)23-10-4)28(19,24-11-5)25-12-6/h7-12H2,1-6H3. The number of rotatable bonds is 16. The predicted molar refractivity (Wildman–Crippen MR) is 103 cm³/mol. The molecule has 0 aromatic carbocycles. The van der Waals surface area contributed by atoms with Crippen LogP contribution in [0.25, 0.3) is 0 Å².